The minimum absolute atomic E-state index is 0.0534. The average Bonchev–Trinajstić information content (AvgIpc) is 2.89. The Balaban J connectivity index is 1.71. The summed E-state index contributed by atoms with van der Waals surface area (Å²) in [6.45, 7) is 4.17. The van der Waals surface area contributed by atoms with Crippen molar-refractivity contribution in [1.29, 1.82) is 0 Å². The number of aliphatic hydroxyl groups is 1. The highest BCUT2D eigenvalue weighted by Gasteiger charge is 2.16. The Labute approximate surface area is 143 Å². The summed E-state index contributed by atoms with van der Waals surface area (Å²) in [7, 11) is 0. The second-order valence-electron chi connectivity index (χ2n) is 6.01. The first-order chi connectivity index (χ1) is 11.8. The molecule has 2 aromatic rings. The van der Waals surface area contributed by atoms with Crippen molar-refractivity contribution in [3.63, 3.8) is 0 Å². The van der Waals surface area contributed by atoms with Gasteiger partial charge in [0.25, 0.3) is 0 Å². The van der Waals surface area contributed by atoms with E-state index in [4.69, 9.17) is 9.47 Å². The van der Waals surface area contributed by atoms with Crippen LogP contribution in [-0.2, 0) is 13.0 Å². The Hall–Kier alpha value is -2.04. The summed E-state index contributed by atoms with van der Waals surface area (Å²) >= 11 is 0. The normalized spacial score (nSPS) is 14.9. The lowest BCUT2D eigenvalue weighted by atomic mass is 10.0. The van der Waals surface area contributed by atoms with Crippen LogP contribution in [0.4, 0.5) is 0 Å². The van der Waals surface area contributed by atoms with Crippen LogP contribution in [-0.4, -0.2) is 24.9 Å². The van der Waals surface area contributed by atoms with Crippen LogP contribution in [0.5, 0.6) is 11.5 Å². The Bertz CT molecular complexity index is 654. The van der Waals surface area contributed by atoms with Crippen molar-refractivity contribution in [1.82, 2.24) is 5.32 Å². The maximum Gasteiger partial charge on any atom is 0.165 e. The molecule has 4 heteroatoms. The Morgan fingerprint density at radius 3 is 2.62 bits per heavy atom. The fourth-order valence-electron chi connectivity index (χ4n) is 2.90. The minimum atomic E-state index is -0.0986. The fraction of sp³-hybridized carbons (Fsp3) is 0.400. The molecule has 0 aromatic heterocycles. The van der Waals surface area contributed by atoms with E-state index in [0.29, 0.717) is 19.8 Å². The summed E-state index contributed by atoms with van der Waals surface area (Å²) in [5, 5.41) is 13.2. The molecule has 0 bridgehead atoms. The Morgan fingerprint density at radius 2 is 1.88 bits per heavy atom. The highest BCUT2D eigenvalue weighted by Crippen LogP contribution is 2.33. The topological polar surface area (TPSA) is 50.7 Å². The molecule has 0 aliphatic carbocycles. The zero-order valence-corrected chi connectivity index (χ0v) is 14.1. The van der Waals surface area contributed by atoms with Crippen LogP contribution >= 0.6 is 0 Å². The van der Waals surface area contributed by atoms with E-state index in [0.717, 1.165) is 35.5 Å². The Kier molecular flexibility index (Phi) is 5.72. The molecule has 1 unspecified atom stereocenters. The van der Waals surface area contributed by atoms with Crippen molar-refractivity contribution in [3.05, 3.63) is 59.2 Å². The number of ether oxygens (including phenoxy) is 2. The molecule has 0 saturated heterocycles. The molecule has 0 saturated carbocycles. The van der Waals surface area contributed by atoms with Gasteiger partial charge in [-0.3, -0.25) is 0 Å². The molecule has 0 amide bonds. The van der Waals surface area contributed by atoms with E-state index in [2.05, 4.69) is 36.5 Å². The van der Waals surface area contributed by atoms with Gasteiger partial charge in [0.15, 0.2) is 11.5 Å². The summed E-state index contributed by atoms with van der Waals surface area (Å²) in [6, 6.07) is 14.3. The van der Waals surface area contributed by atoms with E-state index < -0.39 is 0 Å². The molecule has 1 aliphatic rings. The van der Waals surface area contributed by atoms with Crippen molar-refractivity contribution >= 4 is 0 Å². The zero-order valence-electron chi connectivity index (χ0n) is 14.1. The van der Waals surface area contributed by atoms with E-state index in [1.165, 1.54) is 5.56 Å². The molecule has 1 heterocycles. The number of aryl methyl sites for hydroxylation is 1. The van der Waals surface area contributed by atoms with Gasteiger partial charge in [-0.15, -0.1) is 0 Å². The van der Waals surface area contributed by atoms with Crippen LogP contribution in [0.25, 0.3) is 0 Å². The molecule has 24 heavy (non-hydrogen) atoms. The van der Waals surface area contributed by atoms with Gasteiger partial charge in [-0.05, 0) is 23.6 Å². The molecule has 2 aromatic carbocycles. The second-order valence-corrected chi connectivity index (χ2v) is 6.01. The molecular weight excluding hydrogens is 302 g/mol. The number of rotatable bonds is 6. The number of hydrogen-bond donors (Lipinski definition) is 2. The van der Waals surface area contributed by atoms with Crippen LogP contribution in [0.2, 0.25) is 0 Å². The summed E-state index contributed by atoms with van der Waals surface area (Å²) < 4.78 is 11.6. The van der Waals surface area contributed by atoms with E-state index in [1.54, 1.807) is 0 Å². The lowest BCUT2D eigenvalue weighted by molar-refractivity contribution is 0.242. The van der Waals surface area contributed by atoms with Crippen molar-refractivity contribution in [2.45, 2.75) is 32.4 Å². The monoisotopic (exact) mass is 327 g/mol. The number of aliphatic hydroxyl groups excluding tert-OH is 1. The molecule has 128 valence electrons. The first-order valence-corrected chi connectivity index (χ1v) is 8.62. The van der Waals surface area contributed by atoms with Crippen molar-refractivity contribution < 1.29 is 14.6 Å². The standard InChI is InChI=1S/C20H25NO3/c1-2-15-7-9-16(10-8-15)18(14-22)21-13-17-5-3-6-19-20(17)24-12-4-11-23-19/h3,5-10,18,21-22H,2,4,11-14H2,1H3. The highest BCUT2D eigenvalue weighted by atomic mass is 16.5. The van der Waals surface area contributed by atoms with Gasteiger partial charge >= 0.3 is 0 Å². The molecule has 1 aliphatic heterocycles. The van der Waals surface area contributed by atoms with Gasteiger partial charge in [0, 0.05) is 18.5 Å². The maximum atomic E-state index is 9.75. The predicted octanol–water partition coefficient (Wildman–Crippen LogP) is 3.23. The average molecular weight is 327 g/mol. The van der Waals surface area contributed by atoms with Gasteiger partial charge in [0.1, 0.15) is 0 Å². The third-order valence-corrected chi connectivity index (χ3v) is 4.36. The van der Waals surface area contributed by atoms with Gasteiger partial charge in [0.2, 0.25) is 0 Å². The van der Waals surface area contributed by atoms with Gasteiger partial charge < -0.3 is 19.9 Å². The molecule has 0 fully saturated rings. The van der Waals surface area contributed by atoms with Crippen LogP contribution in [0.1, 0.15) is 36.1 Å². The zero-order chi connectivity index (χ0) is 16.8. The number of fused-ring (bicyclic) bond motifs is 1. The van der Waals surface area contributed by atoms with Crippen LogP contribution in [0, 0.1) is 0 Å². The molecule has 3 rings (SSSR count). The number of nitrogens with one attached hydrogen (secondary N) is 1. The lowest BCUT2D eigenvalue weighted by Gasteiger charge is -2.19. The first-order valence-electron chi connectivity index (χ1n) is 8.62. The van der Waals surface area contributed by atoms with Gasteiger partial charge in [0.05, 0.1) is 25.9 Å². The SMILES string of the molecule is CCc1ccc(C(CO)NCc2cccc3c2OCCCO3)cc1. The Morgan fingerprint density at radius 1 is 1.08 bits per heavy atom. The fourth-order valence-corrected chi connectivity index (χ4v) is 2.90. The molecule has 0 radical (unpaired) electrons. The van der Waals surface area contributed by atoms with Crippen LogP contribution in [0.15, 0.2) is 42.5 Å². The molecule has 1 atom stereocenters. The minimum Gasteiger partial charge on any atom is -0.490 e. The van der Waals surface area contributed by atoms with Gasteiger partial charge in [-0.25, -0.2) is 0 Å². The van der Waals surface area contributed by atoms with Crippen molar-refractivity contribution in [3.8, 4) is 11.5 Å². The molecule has 0 spiro atoms. The summed E-state index contributed by atoms with van der Waals surface area (Å²) in [5.41, 5.74) is 3.45. The molecule has 4 nitrogen and oxygen atoms in total. The molecule has 2 N–H and O–H groups in total. The van der Waals surface area contributed by atoms with Crippen molar-refractivity contribution in [2.24, 2.45) is 0 Å². The van der Waals surface area contributed by atoms with Gasteiger partial charge in [-0.2, -0.15) is 0 Å². The third kappa shape index (κ3) is 3.89. The smallest absolute Gasteiger partial charge is 0.165 e. The summed E-state index contributed by atoms with van der Waals surface area (Å²) in [5.74, 6) is 1.63. The second kappa shape index (κ2) is 8.18. The van der Waals surface area contributed by atoms with E-state index in [9.17, 15) is 5.11 Å². The predicted molar refractivity (Wildman–Crippen MR) is 94.5 cm³/mol. The van der Waals surface area contributed by atoms with Gasteiger partial charge in [-0.1, -0.05) is 43.3 Å². The van der Waals surface area contributed by atoms with Crippen LogP contribution < -0.4 is 14.8 Å². The van der Waals surface area contributed by atoms with Crippen LogP contribution in [0.3, 0.4) is 0 Å². The highest BCUT2D eigenvalue weighted by molar-refractivity contribution is 5.47. The first kappa shape index (κ1) is 16.8. The molecular formula is C20H25NO3. The lowest BCUT2D eigenvalue weighted by Crippen LogP contribution is -2.24. The van der Waals surface area contributed by atoms with E-state index >= 15 is 0 Å². The summed E-state index contributed by atoms with van der Waals surface area (Å²) in [6.07, 6.45) is 1.91. The number of benzene rings is 2. The third-order valence-electron chi connectivity index (χ3n) is 4.36. The van der Waals surface area contributed by atoms with Crippen molar-refractivity contribution in [2.75, 3.05) is 19.8 Å². The van der Waals surface area contributed by atoms with E-state index in [1.807, 2.05) is 18.2 Å². The largest absolute Gasteiger partial charge is 0.490 e. The maximum absolute atomic E-state index is 9.75. The quantitative estimate of drug-likeness (QED) is 0.855. The number of para-hydroxylation sites is 1. The van der Waals surface area contributed by atoms with E-state index in [-0.39, 0.29) is 12.6 Å². The summed E-state index contributed by atoms with van der Waals surface area (Å²) in [4.78, 5) is 0. The number of hydrogen-bond acceptors (Lipinski definition) is 4.